The predicted molar refractivity (Wildman–Crippen MR) is 65.2 cm³/mol. The maximum absolute atomic E-state index is 5.10. The number of halogens is 1. The highest BCUT2D eigenvalue weighted by Crippen LogP contribution is 2.17. The second-order valence-electron chi connectivity index (χ2n) is 3.61. The highest BCUT2D eigenvalue weighted by molar-refractivity contribution is 9.10. The Hall–Kier alpha value is -1.36. The maximum atomic E-state index is 5.10. The molecule has 84 valence electrons. The predicted octanol–water partition coefficient (Wildman–Crippen LogP) is 3.06. The molecule has 0 spiro atoms. The molecular formula is C11H12BrN3O. The molecule has 1 N–H and O–H groups in total. The van der Waals surface area contributed by atoms with Crippen molar-refractivity contribution in [1.82, 2.24) is 10.1 Å². The third kappa shape index (κ3) is 2.61. The van der Waals surface area contributed by atoms with Gasteiger partial charge in [-0.15, -0.1) is 0 Å². The lowest BCUT2D eigenvalue weighted by Gasteiger charge is -2.06. The Morgan fingerprint density at radius 2 is 2.19 bits per heavy atom. The first kappa shape index (κ1) is 11.1. The van der Waals surface area contributed by atoms with Crippen molar-refractivity contribution in [3.05, 3.63) is 39.8 Å². The minimum atomic E-state index is 0.594. The highest BCUT2D eigenvalue weighted by Gasteiger charge is 2.03. The topological polar surface area (TPSA) is 51.0 Å². The lowest BCUT2D eigenvalue weighted by atomic mass is 10.3. The molecule has 0 saturated carbocycles. The molecule has 0 amide bonds. The second-order valence-corrected chi connectivity index (χ2v) is 4.52. The molecule has 16 heavy (non-hydrogen) atoms. The molecule has 0 atom stereocenters. The summed E-state index contributed by atoms with van der Waals surface area (Å²) >= 11 is 3.38. The molecule has 0 saturated heterocycles. The van der Waals surface area contributed by atoms with Gasteiger partial charge in [-0.3, -0.25) is 0 Å². The van der Waals surface area contributed by atoms with Crippen LogP contribution in [-0.2, 0) is 6.54 Å². The van der Waals surface area contributed by atoms with E-state index in [1.807, 2.05) is 26.0 Å². The van der Waals surface area contributed by atoms with Crippen LogP contribution in [0, 0.1) is 13.8 Å². The van der Waals surface area contributed by atoms with E-state index >= 15 is 0 Å². The van der Waals surface area contributed by atoms with Gasteiger partial charge < -0.3 is 9.84 Å². The normalized spacial score (nSPS) is 10.4. The fourth-order valence-corrected chi connectivity index (χ4v) is 1.84. The van der Waals surface area contributed by atoms with Gasteiger partial charge in [-0.05, 0) is 41.4 Å². The SMILES string of the molecule is Cc1cc(CNc2ncc(Br)cc2C)on1. The van der Waals surface area contributed by atoms with Crippen molar-refractivity contribution in [1.29, 1.82) is 0 Å². The standard InChI is InChI=1S/C11H12BrN3O/c1-7-3-9(12)5-13-11(7)14-6-10-4-8(2)15-16-10/h3-5H,6H2,1-2H3,(H,13,14). The summed E-state index contributed by atoms with van der Waals surface area (Å²) in [5.74, 6) is 1.67. The van der Waals surface area contributed by atoms with E-state index in [9.17, 15) is 0 Å². The number of hydrogen-bond acceptors (Lipinski definition) is 4. The highest BCUT2D eigenvalue weighted by atomic mass is 79.9. The van der Waals surface area contributed by atoms with Gasteiger partial charge in [0.2, 0.25) is 0 Å². The van der Waals surface area contributed by atoms with Gasteiger partial charge in [0.15, 0.2) is 5.76 Å². The maximum Gasteiger partial charge on any atom is 0.156 e. The first-order valence-corrected chi connectivity index (χ1v) is 5.72. The van der Waals surface area contributed by atoms with Crippen molar-refractivity contribution in [3.63, 3.8) is 0 Å². The third-order valence-corrected chi connectivity index (χ3v) is 2.59. The van der Waals surface area contributed by atoms with Crippen LogP contribution in [0.3, 0.4) is 0 Å². The van der Waals surface area contributed by atoms with Crippen molar-refractivity contribution in [2.45, 2.75) is 20.4 Å². The molecule has 0 fully saturated rings. The fraction of sp³-hybridized carbons (Fsp3) is 0.273. The lowest BCUT2D eigenvalue weighted by Crippen LogP contribution is -2.02. The molecule has 2 rings (SSSR count). The number of nitrogens with one attached hydrogen (secondary N) is 1. The molecule has 5 heteroatoms. The minimum Gasteiger partial charge on any atom is -0.362 e. The minimum absolute atomic E-state index is 0.594. The summed E-state index contributed by atoms with van der Waals surface area (Å²) in [4.78, 5) is 4.28. The molecule has 4 nitrogen and oxygen atoms in total. The Morgan fingerprint density at radius 1 is 1.38 bits per heavy atom. The van der Waals surface area contributed by atoms with Crippen LogP contribution in [0.2, 0.25) is 0 Å². The van der Waals surface area contributed by atoms with E-state index in [0.717, 1.165) is 27.3 Å². The molecule has 2 aromatic rings. The Kier molecular flexibility index (Phi) is 3.24. The van der Waals surface area contributed by atoms with Gasteiger partial charge in [0.1, 0.15) is 5.82 Å². The van der Waals surface area contributed by atoms with Crippen LogP contribution >= 0.6 is 15.9 Å². The van der Waals surface area contributed by atoms with Crippen LogP contribution in [0.4, 0.5) is 5.82 Å². The number of anilines is 1. The quantitative estimate of drug-likeness (QED) is 0.940. The van der Waals surface area contributed by atoms with Crippen molar-refractivity contribution in [2.24, 2.45) is 0 Å². The largest absolute Gasteiger partial charge is 0.362 e. The average molecular weight is 282 g/mol. The molecule has 2 aromatic heterocycles. The van der Waals surface area contributed by atoms with Crippen molar-refractivity contribution in [2.75, 3.05) is 5.32 Å². The molecule has 0 aliphatic rings. The van der Waals surface area contributed by atoms with Gasteiger partial charge >= 0.3 is 0 Å². The Labute approximate surface area is 102 Å². The van der Waals surface area contributed by atoms with Crippen LogP contribution in [0.5, 0.6) is 0 Å². The smallest absolute Gasteiger partial charge is 0.156 e. The summed E-state index contributed by atoms with van der Waals surface area (Å²) in [5.41, 5.74) is 1.97. The van der Waals surface area contributed by atoms with Gasteiger partial charge in [0, 0.05) is 16.7 Å². The number of aryl methyl sites for hydroxylation is 2. The second kappa shape index (κ2) is 4.65. The van der Waals surface area contributed by atoms with Gasteiger partial charge in [-0.2, -0.15) is 0 Å². The first-order chi connectivity index (χ1) is 7.65. The van der Waals surface area contributed by atoms with Crippen LogP contribution in [0.25, 0.3) is 0 Å². The van der Waals surface area contributed by atoms with Crippen molar-refractivity contribution >= 4 is 21.7 Å². The van der Waals surface area contributed by atoms with Gasteiger partial charge in [-0.1, -0.05) is 5.16 Å². The Bertz CT molecular complexity index is 496. The molecule has 2 heterocycles. The van der Waals surface area contributed by atoms with E-state index in [-0.39, 0.29) is 0 Å². The van der Waals surface area contributed by atoms with Crippen LogP contribution in [-0.4, -0.2) is 10.1 Å². The molecule has 0 aromatic carbocycles. The lowest BCUT2D eigenvalue weighted by molar-refractivity contribution is 0.384. The number of aromatic nitrogens is 2. The van der Waals surface area contributed by atoms with E-state index in [0.29, 0.717) is 6.54 Å². The summed E-state index contributed by atoms with van der Waals surface area (Å²) in [6, 6.07) is 3.92. The summed E-state index contributed by atoms with van der Waals surface area (Å²) in [5, 5.41) is 7.03. The fourth-order valence-electron chi connectivity index (χ4n) is 1.40. The van der Waals surface area contributed by atoms with Crippen LogP contribution in [0.15, 0.2) is 27.3 Å². The summed E-state index contributed by atoms with van der Waals surface area (Å²) < 4.78 is 6.08. The third-order valence-electron chi connectivity index (χ3n) is 2.15. The molecule has 0 radical (unpaired) electrons. The zero-order chi connectivity index (χ0) is 11.5. The molecule has 0 aliphatic carbocycles. The van der Waals surface area contributed by atoms with E-state index in [1.165, 1.54) is 0 Å². The van der Waals surface area contributed by atoms with Crippen molar-refractivity contribution in [3.8, 4) is 0 Å². The van der Waals surface area contributed by atoms with Crippen LogP contribution in [0.1, 0.15) is 17.0 Å². The zero-order valence-electron chi connectivity index (χ0n) is 9.12. The van der Waals surface area contributed by atoms with Crippen molar-refractivity contribution < 1.29 is 4.52 Å². The Balaban J connectivity index is 2.04. The number of nitrogens with zero attached hydrogens (tertiary/aromatic N) is 2. The Morgan fingerprint density at radius 3 is 2.81 bits per heavy atom. The van der Waals surface area contributed by atoms with E-state index in [2.05, 4.69) is 31.4 Å². The van der Waals surface area contributed by atoms with E-state index < -0.39 is 0 Å². The van der Waals surface area contributed by atoms with E-state index in [1.54, 1.807) is 6.20 Å². The number of hydrogen-bond donors (Lipinski definition) is 1. The number of rotatable bonds is 3. The van der Waals surface area contributed by atoms with Crippen LogP contribution < -0.4 is 5.32 Å². The van der Waals surface area contributed by atoms with E-state index in [4.69, 9.17) is 4.52 Å². The molecule has 0 bridgehead atoms. The average Bonchev–Trinajstić information content (AvgIpc) is 2.63. The summed E-state index contributed by atoms with van der Waals surface area (Å²) in [6.07, 6.45) is 1.76. The first-order valence-electron chi connectivity index (χ1n) is 4.93. The summed E-state index contributed by atoms with van der Waals surface area (Å²) in [7, 11) is 0. The zero-order valence-corrected chi connectivity index (χ0v) is 10.7. The summed E-state index contributed by atoms with van der Waals surface area (Å²) in [6.45, 7) is 4.50. The van der Waals surface area contributed by atoms with Gasteiger partial charge in [0.05, 0.1) is 12.2 Å². The molecule has 0 unspecified atom stereocenters. The number of pyridine rings is 1. The monoisotopic (exact) mass is 281 g/mol. The van der Waals surface area contributed by atoms with Gasteiger partial charge in [0.25, 0.3) is 0 Å². The molecular weight excluding hydrogens is 270 g/mol. The molecule has 0 aliphatic heterocycles. The van der Waals surface area contributed by atoms with Gasteiger partial charge in [-0.25, -0.2) is 4.98 Å².